The molecular weight excluding hydrogens is 266 g/mol. The molecule has 0 bridgehead atoms. The highest BCUT2D eigenvalue weighted by molar-refractivity contribution is 5.95. The first kappa shape index (κ1) is 15.5. The fourth-order valence-electron chi connectivity index (χ4n) is 2.64. The van der Waals surface area contributed by atoms with E-state index in [-0.39, 0.29) is 23.8 Å². The van der Waals surface area contributed by atoms with E-state index in [4.69, 9.17) is 5.73 Å². The molecule has 4 N–H and O–H groups in total. The van der Waals surface area contributed by atoms with Gasteiger partial charge in [-0.2, -0.15) is 0 Å². The molecular formula is C16H23N3O2. The molecule has 1 aromatic carbocycles. The highest BCUT2D eigenvalue weighted by Gasteiger charge is 2.28. The average Bonchev–Trinajstić information content (AvgIpc) is 2.47. The Labute approximate surface area is 125 Å². The second kappa shape index (κ2) is 7.22. The Hall–Kier alpha value is -1.88. The summed E-state index contributed by atoms with van der Waals surface area (Å²) in [6.45, 7) is 1.80. The molecule has 0 heterocycles. The van der Waals surface area contributed by atoms with Gasteiger partial charge in [-0.3, -0.25) is 9.59 Å². The number of rotatable bonds is 4. The van der Waals surface area contributed by atoms with Crippen LogP contribution in [0.2, 0.25) is 0 Å². The number of carbonyl (C=O) groups is 2. The van der Waals surface area contributed by atoms with E-state index in [0.29, 0.717) is 17.8 Å². The van der Waals surface area contributed by atoms with Crippen molar-refractivity contribution < 1.29 is 9.59 Å². The molecule has 5 nitrogen and oxygen atoms in total. The summed E-state index contributed by atoms with van der Waals surface area (Å²) < 4.78 is 0. The molecule has 21 heavy (non-hydrogen) atoms. The lowest BCUT2D eigenvalue weighted by Crippen LogP contribution is -2.40. The molecule has 2 unspecified atom stereocenters. The summed E-state index contributed by atoms with van der Waals surface area (Å²) >= 11 is 0. The van der Waals surface area contributed by atoms with E-state index in [2.05, 4.69) is 10.6 Å². The molecule has 0 saturated heterocycles. The molecule has 0 aromatic heterocycles. The number of nitrogens with two attached hydrogens (primary N) is 1. The van der Waals surface area contributed by atoms with E-state index in [1.807, 2.05) is 12.1 Å². The fourth-order valence-corrected chi connectivity index (χ4v) is 2.64. The van der Waals surface area contributed by atoms with Crippen LogP contribution in [-0.2, 0) is 9.59 Å². The van der Waals surface area contributed by atoms with Gasteiger partial charge in [0.1, 0.15) is 0 Å². The Morgan fingerprint density at radius 1 is 1.19 bits per heavy atom. The van der Waals surface area contributed by atoms with Crippen LogP contribution in [0.4, 0.5) is 11.4 Å². The number of carbonyl (C=O) groups excluding carboxylic acids is 2. The minimum Gasteiger partial charge on any atom is -0.327 e. The molecule has 2 amide bonds. The van der Waals surface area contributed by atoms with Crippen molar-refractivity contribution in [1.29, 1.82) is 0 Å². The highest BCUT2D eigenvalue weighted by atomic mass is 16.2. The third-order valence-electron chi connectivity index (χ3n) is 3.89. The van der Waals surface area contributed by atoms with Gasteiger partial charge in [0, 0.05) is 23.8 Å². The Bertz CT molecular complexity index is 516. The van der Waals surface area contributed by atoms with Crippen LogP contribution in [-0.4, -0.2) is 17.9 Å². The van der Waals surface area contributed by atoms with Gasteiger partial charge in [0.25, 0.3) is 0 Å². The number of hydrogen-bond acceptors (Lipinski definition) is 3. The molecule has 2 atom stereocenters. The standard InChI is InChI=1S/C16H23N3O2/c1-2-15(20)18-11-6-5-7-12(10-11)19-16(21)13-8-3-4-9-14(13)17/h5-7,10,13-14H,2-4,8-9,17H2,1H3,(H,18,20)(H,19,21). The smallest absolute Gasteiger partial charge is 0.229 e. The zero-order chi connectivity index (χ0) is 15.2. The zero-order valence-corrected chi connectivity index (χ0v) is 12.4. The van der Waals surface area contributed by atoms with Gasteiger partial charge in [-0.05, 0) is 31.0 Å². The van der Waals surface area contributed by atoms with Crippen molar-refractivity contribution in [3.63, 3.8) is 0 Å². The molecule has 1 fully saturated rings. The lowest BCUT2D eigenvalue weighted by atomic mass is 9.84. The van der Waals surface area contributed by atoms with Crippen molar-refractivity contribution in [3.8, 4) is 0 Å². The van der Waals surface area contributed by atoms with E-state index >= 15 is 0 Å². The first-order valence-corrected chi connectivity index (χ1v) is 7.56. The molecule has 1 saturated carbocycles. The van der Waals surface area contributed by atoms with Crippen LogP contribution in [0.5, 0.6) is 0 Å². The zero-order valence-electron chi connectivity index (χ0n) is 12.4. The minimum absolute atomic E-state index is 0.0267. The maximum Gasteiger partial charge on any atom is 0.229 e. The van der Waals surface area contributed by atoms with Crippen molar-refractivity contribution in [1.82, 2.24) is 0 Å². The quantitative estimate of drug-likeness (QED) is 0.796. The topological polar surface area (TPSA) is 84.2 Å². The van der Waals surface area contributed by atoms with E-state index in [0.717, 1.165) is 25.7 Å². The van der Waals surface area contributed by atoms with Gasteiger partial charge in [-0.1, -0.05) is 25.8 Å². The van der Waals surface area contributed by atoms with Crippen LogP contribution in [0, 0.1) is 5.92 Å². The molecule has 5 heteroatoms. The summed E-state index contributed by atoms with van der Waals surface area (Å²) in [7, 11) is 0. The maximum absolute atomic E-state index is 12.3. The lowest BCUT2D eigenvalue weighted by Gasteiger charge is -2.27. The van der Waals surface area contributed by atoms with Gasteiger partial charge in [0.05, 0.1) is 5.92 Å². The van der Waals surface area contributed by atoms with Crippen LogP contribution >= 0.6 is 0 Å². The molecule has 1 aromatic rings. The summed E-state index contributed by atoms with van der Waals surface area (Å²) in [5, 5.41) is 5.68. The number of anilines is 2. The summed E-state index contributed by atoms with van der Waals surface area (Å²) in [4.78, 5) is 23.7. The normalized spacial score (nSPS) is 21.6. The number of amides is 2. The predicted octanol–water partition coefficient (Wildman–Crippen LogP) is 2.49. The van der Waals surface area contributed by atoms with Gasteiger partial charge < -0.3 is 16.4 Å². The summed E-state index contributed by atoms with van der Waals surface area (Å²) in [6, 6.07) is 7.13. The van der Waals surface area contributed by atoms with Crippen LogP contribution in [0.15, 0.2) is 24.3 Å². The number of nitrogens with one attached hydrogen (secondary N) is 2. The minimum atomic E-state index is -0.118. The molecule has 114 valence electrons. The van der Waals surface area contributed by atoms with E-state index in [1.54, 1.807) is 19.1 Å². The Morgan fingerprint density at radius 2 is 1.86 bits per heavy atom. The van der Waals surface area contributed by atoms with Gasteiger partial charge >= 0.3 is 0 Å². The Morgan fingerprint density at radius 3 is 2.52 bits per heavy atom. The Kier molecular flexibility index (Phi) is 5.33. The van der Waals surface area contributed by atoms with Crippen molar-refractivity contribution >= 4 is 23.2 Å². The van der Waals surface area contributed by atoms with Gasteiger partial charge in [0.15, 0.2) is 0 Å². The fraction of sp³-hybridized carbons (Fsp3) is 0.500. The second-order valence-corrected chi connectivity index (χ2v) is 5.53. The highest BCUT2D eigenvalue weighted by Crippen LogP contribution is 2.25. The maximum atomic E-state index is 12.3. The monoisotopic (exact) mass is 289 g/mol. The SMILES string of the molecule is CCC(=O)Nc1cccc(NC(=O)C2CCCCC2N)c1. The first-order valence-electron chi connectivity index (χ1n) is 7.56. The molecule has 0 spiro atoms. The van der Waals surface area contributed by atoms with Crippen LogP contribution in [0.25, 0.3) is 0 Å². The summed E-state index contributed by atoms with van der Waals surface area (Å²) in [5.74, 6) is -0.193. The second-order valence-electron chi connectivity index (χ2n) is 5.53. The van der Waals surface area contributed by atoms with E-state index < -0.39 is 0 Å². The predicted molar refractivity (Wildman–Crippen MR) is 83.9 cm³/mol. The van der Waals surface area contributed by atoms with Gasteiger partial charge in [0.2, 0.25) is 11.8 Å². The molecule has 2 rings (SSSR count). The van der Waals surface area contributed by atoms with Crippen LogP contribution < -0.4 is 16.4 Å². The van der Waals surface area contributed by atoms with Crippen molar-refractivity contribution in [2.75, 3.05) is 10.6 Å². The molecule has 0 radical (unpaired) electrons. The molecule has 0 aliphatic heterocycles. The molecule has 1 aliphatic rings. The van der Waals surface area contributed by atoms with Crippen molar-refractivity contribution in [2.45, 2.75) is 45.1 Å². The summed E-state index contributed by atoms with van der Waals surface area (Å²) in [6.07, 6.45) is 4.33. The largest absolute Gasteiger partial charge is 0.327 e. The average molecular weight is 289 g/mol. The van der Waals surface area contributed by atoms with E-state index in [1.165, 1.54) is 0 Å². The van der Waals surface area contributed by atoms with Crippen LogP contribution in [0.1, 0.15) is 39.0 Å². The Balaban J connectivity index is 2.00. The third-order valence-corrected chi connectivity index (χ3v) is 3.89. The summed E-state index contributed by atoms with van der Waals surface area (Å²) in [5.41, 5.74) is 7.40. The van der Waals surface area contributed by atoms with Gasteiger partial charge in [-0.25, -0.2) is 0 Å². The van der Waals surface area contributed by atoms with Crippen molar-refractivity contribution in [3.05, 3.63) is 24.3 Å². The third kappa shape index (κ3) is 4.29. The number of benzene rings is 1. The number of hydrogen-bond donors (Lipinski definition) is 3. The molecule has 1 aliphatic carbocycles. The van der Waals surface area contributed by atoms with Gasteiger partial charge in [-0.15, -0.1) is 0 Å². The van der Waals surface area contributed by atoms with Crippen molar-refractivity contribution in [2.24, 2.45) is 11.7 Å². The lowest BCUT2D eigenvalue weighted by molar-refractivity contribution is -0.121. The van der Waals surface area contributed by atoms with Crippen LogP contribution in [0.3, 0.4) is 0 Å². The van der Waals surface area contributed by atoms with E-state index in [9.17, 15) is 9.59 Å². The first-order chi connectivity index (χ1) is 10.1.